The van der Waals surface area contributed by atoms with Gasteiger partial charge in [0.1, 0.15) is 11.2 Å². The zero-order valence-electron chi connectivity index (χ0n) is 20.3. The second kappa shape index (κ2) is 9.28. The Balaban J connectivity index is 1.76. The first kappa shape index (κ1) is 24.6. The number of Topliss-reactive ketones (excluding diaryl/α,β-unsaturated/α-hetero) is 1. The second-order valence-electron chi connectivity index (χ2n) is 10.0. The first-order valence-electron chi connectivity index (χ1n) is 12.0. The van der Waals surface area contributed by atoms with E-state index < -0.39 is 35.5 Å². The highest BCUT2D eigenvalue weighted by molar-refractivity contribution is 6.11. The molecule has 4 rings (SSSR count). The van der Waals surface area contributed by atoms with E-state index in [1.807, 2.05) is 32.0 Å². The first-order chi connectivity index (χ1) is 16.1. The number of benzene rings is 1. The molecular weight excluding hydrogens is 438 g/mol. The van der Waals surface area contributed by atoms with Gasteiger partial charge in [-0.1, -0.05) is 0 Å². The molecule has 0 bridgehead atoms. The summed E-state index contributed by atoms with van der Waals surface area (Å²) < 4.78 is 6.07. The van der Waals surface area contributed by atoms with Gasteiger partial charge in [0.15, 0.2) is 0 Å². The molecule has 1 aromatic rings. The molecule has 2 fully saturated rings. The lowest BCUT2D eigenvalue weighted by Crippen LogP contribution is -2.69. The number of ether oxygens (including phenoxy) is 1. The Bertz CT molecular complexity index is 983. The number of carbonyl (C=O) groups excluding carboxylic acids is 3. The Hall–Kier alpha value is -2.49. The lowest BCUT2D eigenvalue weighted by atomic mass is 9.65. The number of aliphatic hydroxyl groups excluding tert-OH is 2. The number of hydrogen-bond donors (Lipinski definition) is 3. The molecule has 1 aromatic carbocycles. The molecule has 2 saturated heterocycles. The zero-order chi connectivity index (χ0) is 24.8. The molecule has 0 aliphatic carbocycles. The van der Waals surface area contributed by atoms with Crippen LogP contribution < -0.4 is 15.1 Å². The van der Waals surface area contributed by atoms with Crippen molar-refractivity contribution in [3.8, 4) is 0 Å². The van der Waals surface area contributed by atoms with Crippen molar-refractivity contribution < 1.29 is 29.3 Å². The van der Waals surface area contributed by atoms with E-state index in [4.69, 9.17) is 4.74 Å². The third-order valence-corrected chi connectivity index (χ3v) is 7.67. The van der Waals surface area contributed by atoms with Gasteiger partial charge in [0.05, 0.1) is 31.0 Å². The summed E-state index contributed by atoms with van der Waals surface area (Å²) in [6.07, 6.45) is -0.281. The van der Waals surface area contributed by atoms with Crippen LogP contribution in [0.25, 0.3) is 0 Å². The van der Waals surface area contributed by atoms with Crippen molar-refractivity contribution in [2.45, 2.75) is 64.9 Å². The third kappa shape index (κ3) is 4.10. The van der Waals surface area contributed by atoms with E-state index in [9.17, 15) is 24.6 Å². The molecule has 9 heteroatoms. The first-order valence-corrected chi connectivity index (χ1v) is 12.0. The van der Waals surface area contributed by atoms with Crippen molar-refractivity contribution in [2.24, 2.45) is 11.3 Å². The topological polar surface area (TPSA) is 119 Å². The molecule has 34 heavy (non-hydrogen) atoms. The van der Waals surface area contributed by atoms with Crippen molar-refractivity contribution in [3.63, 3.8) is 0 Å². The van der Waals surface area contributed by atoms with Gasteiger partial charge in [0.25, 0.3) is 0 Å². The van der Waals surface area contributed by atoms with E-state index in [1.165, 1.54) is 13.8 Å². The summed E-state index contributed by atoms with van der Waals surface area (Å²) in [5.41, 5.74) is 1.32. The highest BCUT2D eigenvalue weighted by Crippen LogP contribution is 2.47. The van der Waals surface area contributed by atoms with Crippen LogP contribution in [0.5, 0.6) is 0 Å². The van der Waals surface area contributed by atoms with Crippen molar-refractivity contribution >= 4 is 29.0 Å². The monoisotopic (exact) mass is 473 g/mol. The molecule has 2 amide bonds. The summed E-state index contributed by atoms with van der Waals surface area (Å²) in [4.78, 5) is 42.7. The molecule has 6 atom stereocenters. The van der Waals surface area contributed by atoms with Crippen molar-refractivity contribution in [2.75, 3.05) is 36.0 Å². The molecular formula is C25H35N3O6. The fourth-order valence-electron chi connectivity index (χ4n) is 6.10. The molecule has 0 spiro atoms. The molecule has 3 aliphatic rings. The van der Waals surface area contributed by atoms with Gasteiger partial charge in [-0.15, -0.1) is 0 Å². The molecule has 186 valence electrons. The Labute approximate surface area is 200 Å². The minimum atomic E-state index is -1.46. The van der Waals surface area contributed by atoms with Crippen LogP contribution in [0.1, 0.15) is 39.7 Å². The van der Waals surface area contributed by atoms with Gasteiger partial charge in [-0.3, -0.25) is 19.7 Å². The maximum atomic E-state index is 13.5. The van der Waals surface area contributed by atoms with Gasteiger partial charge < -0.3 is 24.7 Å². The molecule has 0 radical (unpaired) electrons. The van der Waals surface area contributed by atoms with Gasteiger partial charge in [-0.2, -0.15) is 0 Å². The standard InChI is InChI=1S/C25H35N3O6/c1-14-11-28-21-6-5-20(27-8-7-18(12-27)22(32)13-29)9-19(21)10-25(16(3)30,23(28)15(2)34-14)24(33)26-17(4)31/h5-6,9,14-15,18,22-23,29,32H,7-8,10-13H2,1-4H3,(H,26,31,33)/t14-,15+,18?,22+,23-,25+/m1/s1. The van der Waals surface area contributed by atoms with E-state index in [0.29, 0.717) is 13.1 Å². The van der Waals surface area contributed by atoms with Crippen molar-refractivity contribution in [3.05, 3.63) is 23.8 Å². The van der Waals surface area contributed by atoms with Gasteiger partial charge in [-0.05, 0) is 57.4 Å². The van der Waals surface area contributed by atoms with Crippen LogP contribution in [0.15, 0.2) is 18.2 Å². The summed E-state index contributed by atoms with van der Waals surface area (Å²) in [5.74, 6) is -1.39. The number of fused-ring (bicyclic) bond motifs is 3. The normalized spacial score (nSPS) is 31.5. The fourth-order valence-corrected chi connectivity index (χ4v) is 6.10. The number of anilines is 2. The highest BCUT2D eigenvalue weighted by atomic mass is 16.5. The van der Waals surface area contributed by atoms with Crippen molar-refractivity contribution in [1.82, 2.24) is 5.32 Å². The minimum absolute atomic E-state index is 0.0102. The number of ketones is 1. The molecule has 1 unspecified atom stereocenters. The maximum Gasteiger partial charge on any atom is 0.242 e. The molecule has 3 aliphatic heterocycles. The van der Waals surface area contributed by atoms with Gasteiger partial charge in [0, 0.05) is 43.9 Å². The maximum absolute atomic E-state index is 13.5. The summed E-state index contributed by atoms with van der Waals surface area (Å²) >= 11 is 0. The van der Waals surface area contributed by atoms with Crippen LogP contribution in [0.4, 0.5) is 11.4 Å². The number of imide groups is 1. The largest absolute Gasteiger partial charge is 0.394 e. The average molecular weight is 474 g/mol. The smallest absolute Gasteiger partial charge is 0.242 e. The number of rotatable bonds is 5. The quantitative estimate of drug-likeness (QED) is 0.533. The predicted octanol–water partition coefficient (Wildman–Crippen LogP) is 0.643. The Morgan fingerprint density at radius 1 is 1.24 bits per heavy atom. The third-order valence-electron chi connectivity index (χ3n) is 7.67. The summed E-state index contributed by atoms with van der Waals surface area (Å²) in [5, 5.41) is 21.7. The van der Waals surface area contributed by atoms with E-state index in [2.05, 4.69) is 15.1 Å². The van der Waals surface area contributed by atoms with Gasteiger partial charge >= 0.3 is 0 Å². The van der Waals surface area contributed by atoms with Crippen LogP contribution >= 0.6 is 0 Å². The molecule has 3 heterocycles. The SMILES string of the molecule is CC(=O)NC(=O)[C@]1(C(C)=O)Cc2cc(N3CCC([C@@H](O)CO)C3)ccc2N2C[C@@H](C)O[C@@H](C)[C@@H]21. The fraction of sp³-hybridized carbons (Fsp3) is 0.640. The molecule has 0 aromatic heterocycles. The van der Waals surface area contributed by atoms with E-state index in [-0.39, 0.29) is 30.8 Å². The highest BCUT2D eigenvalue weighted by Gasteiger charge is 2.59. The number of aliphatic hydroxyl groups is 2. The number of carbonyl (C=O) groups is 3. The van der Waals surface area contributed by atoms with Crippen LogP contribution in [0.2, 0.25) is 0 Å². The summed E-state index contributed by atoms with van der Waals surface area (Å²) in [7, 11) is 0. The molecule has 3 N–H and O–H groups in total. The van der Waals surface area contributed by atoms with Crippen LogP contribution in [0, 0.1) is 11.3 Å². The van der Waals surface area contributed by atoms with Crippen molar-refractivity contribution in [1.29, 1.82) is 0 Å². The lowest BCUT2D eigenvalue weighted by molar-refractivity contribution is -0.151. The zero-order valence-corrected chi connectivity index (χ0v) is 20.3. The Morgan fingerprint density at radius 2 is 1.97 bits per heavy atom. The average Bonchev–Trinajstić information content (AvgIpc) is 3.27. The van der Waals surface area contributed by atoms with E-state index in [0.717, 1.165) is 29.9 Å². The minimum Gasteiger partial charge on any atom is -0.394 e. The van der Waals surface area contributed by atoms with Crippen LogP contribution in [-0.4, -0.2) is 78.4 Å². The Morgan fingerprint density at radius 3 is 2.62 bits per heavy atom. The molecule has 0 saturated carbocycles. The Kier molecular flexibility index (Phi) is 6.72. The van der Waals surface area contributed by atoms with E-state index >= 15 is 0 Å². The molecule has 9 nitrogen and oxygen atoms in total. The number of morpholine rings is 1. The number of hydrogen-bond acceptors (Lipinski definition) is 8. The lowest BCUT2D eigenvalue weighted by Gasteiger charge is -2.55. The van der Waals surface area contributed by atoms with Crippen LogP contribution in [-0.2, 0) is 25.5 Å². The summed E-state index contributed by atoms with van der Waals surface area (Å²) in [6, 6.07) is 5.55. The number of amides is 2. The predicted molar refractivity (Wildman–Crippen MR) is 127 cm³/mol. The second-order valence-corrected chi connectivity index (χ2v) is 10.0. The number of nitrogens with zero attached hydrogens (tertiary/aromatic N) is 2. The van der Waals surface area contributed by atoms with Gasteiger partial charge in [-0.25, -0.2) is 0 Å². The van der Waals surface area contributed by atoms with E-state index in [1.54, 1.807) is 0 Å². The number of nitrogens with one attached hydrogen (secondary N) is 1. The van der Waals surface area contributed by atoms with Gasteiger partial charge in [0.2, 0.25) is 11.8 Å². The van der Waals surface area contributed by atoms with Crippen LogP contribution in [0.3, 0.4) is 0 Å². The summed E-state index contributed by atoms with van der Waals surface area (Å²) in [6.45, 7) is 8.17.